The molecule has 1 heterocycles. The van der Waals surface area contributed by atoms with Crippen molar-refractivity contribution in [3.8, 4) is 11.5 Å². The van der Waals surface area contributed by atoms with Crippen LogP contribution >= 0.6 is 12.2 Å². The molecule has 1 fully saturated rings. The molecule has 1 N–H and O–H groups in total. The summed E-state index contributed by atoms with van der Waals surface area (Å²) in [5.74, 6) is 0.111. The van der Waals surface area contributed by atoms with E-state index in [2.05, 4.69) is 18.8 Å². The fraction of sp³-hybridized carbons (Fsp3) is 0.240. The zero-order valence-corrected chi connectivity index (χ0v) is 19.3. The van der Waals surface area contributed by atoms with Crippen molar-refractivity contribution >= 4 is 40.9 Å². The zero-order valence-electron chi connectivity index (χ0n) is 18.4. The van der Waals surface area contributed by atoms with Crippen molar-refractivity contribution in [2.45, 2.75) is 26.7 Å². The third-order valence-electron chi connectivity index (χ3n) is 5.04. The Morgan fingerprint density at radius 2 is 1.88 bits per heavy atom. The van der Waals surface area contributed by atoms with Crippen molar-refractivity contribution in [1.29, 1.82) is 0 Å². The van der Waals surface area contributed by atoms with Crippen LogP contribution in [0.3, 0.4) is 0 Å². The topological polar surface area (TPSA) is 67.9 Å². The van der Waals surface area contributed by atoms with Crippen LogP contribution in [0.4, 0.5) is 5.69 Å². The van der Waals surface area contributed by atoms with Gasteiger partial charge in [0.1, 0.15) is 5.57 Å². The predicted molar refractivity (Wildman–Crippen MR) is 130 cm³/mol. The van der Waals surface area contributed by atoms with Crippen LogP contribution in [0.5, 0.6) is 11.5 Å². The van der Waals surface area contributed by atoms with Gasteiger partial charge in [0.25, 0.3) is 11.8 Å². The minimum atomic E-state index is -0.542. The molecule has 0 aromatic heterocycles. The summed E-state index contributed by atoms with van der Waals surface area (Å²) in [6.07, 6.45) is 4.72. The Labute approximate surface area is 193 Å². The highest BCUT2D eigenvalue weighted by atomic mass is 32.1. The van der Waals surface area contributed by atoms with Crippen molar-refractivity contribution in [3.05, 3.63) is 71.3 Å². The van der Waals surface area contributed by atoms with Crippen LogP contribution in [0.1, 0.15) is 30.5 Å². The molecule has 166 valence electrons. The molecule has 1 aliphatic heterocycles. The highest BCUT2D eigenvalue weighted by molar-refractivity contribution is 7.80. The third-order valence-corrected chi connectivity index (χ3v) is 5.33. The van der Waals surface area contributed by atoms with Gasteiger partial charge in [-0.1, -0.05) is 25.1 Å². The molecule has 0 atom stereocenters. The number of carbonyl (C=O) groups is 2. The van der Waals surface area contributed by atoms with Crippen LogP contribution < -0.4 is 19.7 Å². The average Bonchev–Trinajstić information content (AvgIpc) is 2.78. The monoisotopic (exact) mass is 450 g/mol. The molecular formula is C25H26N2O4S. The normalized spacial score (nSPS) is 15.0. The van der Waals surface area contributed by atoms with Gasteiger partial charge in [0, 0.05) is 5.56 Å². The Morgan fingerprint density at radius 1 is 1.16 bits per heavy atom. The molecule has 0 bridgehead atoms. The number of hydrogen-bond acceptors (Lipinski definition) is 5. The van der Waals surface area contributed by atoms with E-state index in [1.54, 1.807) is 19.3 Å². The first-order valence-electron chi connectivity index (χ1n) is 10.4. The Kier molecular flexibility index (Phi) is 7.43. The SMILES string of the molecule is C=CCc1cc(C=C2C(=O)NC(=S)N(c3ccc(CC)cc3)C2=O)cc(OC)c1OCC. The van der Waals surface area contributed by atoms with Gasteiger partial charge in [-0.05, 0) is 73.5 Å². The van der Waals surface area contributed by atoms with Crippen LogP contribution in [0.25, 0.3) is 6.08 Å². The fourth-order valence-electron chi connectivity index (χ4n) is 3.47. The molecule has 0 radical (unpaired) electrons. The lowest BCUT2D eigenvalue weighted by molar-refractivity contribution is -0.122. The van der Waals surface area contributed by atoms with Crippen LogP contribution in [0.15, 0.2) is 54.6 Å². The number of nitrogens with one attached hydrogen (secondary N) is 1. The maximum absolute atomic E-state index is 13.3. The third kappa shape index (κ3) is 4.73. The zero-order chi connectivity index (χ0) is 23.3. The number of aryl methyl sites for hydroxylation is 1. The number of anilines is 1. The smallest absolute Gasteiger partial charge is 0.270 e. The van der Waals surface area contributed by atoms with Crippen LogP contribution in [-0.4, -0.2) is 30.6 Å². The van der Waals surface area contributed by atoms with Crippen LogP contribution in [0, 0.1) is 0 Å². The van der Waals surface area contributed by atoms with Crippen molar-refractivity contribution in [2.24, 2.45) is 0 Å². The molecule has 0 aliphatic carbocycles. The summed E-state index contributed by atoms with van der Waals surface area (Å²) in [4.78, 5) is 27.3. The van der Waals surface area contributed by atoms with Gasteiger partial charge in [-0.2, -0.15) is 0 Å². The van der Waals surface area contributed by atoms with E-state index < -0.39 is 11.8 Å². The van der Waals surface area contributed by atoms with Crippen LogP contribution in [0.2, 0.25) is 0 Å². The number of hydrogen-bond donors (Lipinski definition) is 1. The maximum atomic E-state index is 13.3. The second kappa shape index (κ2) is 10.2. The molecule has 0 unspecified atom stereocenters. The Morgan fingerprint density at radius 3 is 2.47 bits per heavy atom. The maximum Gasteiger partial charge on any atom is 0.270 e. The Hall–Kier alpha value is -3.45. The lowest BCUT2D eigenvalue weighted by Gasteiger charge is -2.29. The highest BCUT2D eigenvalue weighted by Gasteiger charge is 2.34. The predicted octanol–water partition coefficient (Wildman–Crippen LogP) is 4.22. The summed E-state index contributed by atoms with van der Waals surface area (Å²) in [6, 6.07) is 11.1. The summed E-state index contributed by atoms with van der Waals surface area (Å²) in [5.41, 5.74) is 3.20. The summed E-state index contributed by atoms with van der Waals surface area (Å²) in [7, 11) is 1.55. The van der Waals surface area contributed by atoms with E-state index in [1.165, 1.54) is 11.0 Å². The van der Waals surface area contributed by atoms with Crippen molar-refractivity contribution in [3.63, 3.8) is 0 Å². The molecule has 32 heavy (non-hydrogen) atoms. The van der Waals surface area contributed by atoms with Crippen molar-refractivity contribution in [1.82, 2.24) is 5.32 Å². The molecular weight excluding hydrogens is 424 g/mol. The largest absolute Gasteiger partial charge is 0.493 e. The molecule has 2 aromatic carbocycles. The molecule has 1 aliphatic rings. The fourth-order valence-corrected chi connectivity index (χ4v) is 3.75. The van der Waals surface area contributed by atoms with E-state index in [9.17, 15) is 9.59 Å². The van der Waals surface area contributed by atoms with Gasteiger partial charge in [0.05, 0.1) is 19.4 Å². The molecule has 2 aromatic rings. The van der Waals surface area contributed by atoms with E-state index in [4.69, 9.17) is 21.7 Å². The van der Waals surface area contributed by atoms with Gasteiger partial charge >= 0.3 is 0 Å². The quantitative estimate of drug-likeness (QED) is 0.282. The Bertz CT molecular complexity index is 1090. The van der Waals surface area contributed by atoms with Gasteiger partial charge in [-0.15, -0.1) is 6.58 Å². The number of carbonyl (C=O) groups excluding carboxylic acids is 2. The number of benzene rings is 2. The molecule has 2 amide bonds. The summed E-state index contributed by atoms with van der Waals surface area (Å²) in [6.45, 7) is 8.22. The Balaban J connectivity index is 2.04. The number of rotatable bonds is 8. The van der Waals surface area contributed by atoms with E-state index >= 15 is 0 Å². The highest BCUT2D eigenvalue weighted by Crippen LogP contribution is 2.34. The van der Waals surface area contributed by atoms with Gasteiger partial charge in [0.2, 0.25) is 0 Å². The number of nitrogens with zero attached hydrogens (tertiary/aromatic N) is 1. The first-order chi connectivity index (χ1) is 15.4. The first-order valence-corrected chi connectivity index (χ1v) is 10.8. The lowest BCUT2D eigenvalue weighted by atomic mass is 10.0. The molecule has 0 saturated carbocycles. The standard InChI is InChI=1S/C25H26N2O4S/c1-5-8-18-13-17(15-21(30-4)22(18)31-7-3)14-20-23(28)26-25(32)27(24(20)29)19-11-9-16(6-2)10-12-19/h5,9-15H,1,6-8H2,2-4H3,(H,26,28,32). The molecule has 3 rings (SSSR count). The van der Waals surface area contributed by atoms with E-state index in [0.29, 0.717) is 35.8 Å². The number of thiocarbonyl (C=S) groups is 1. The average molecular weight is 451 g/mol. The number of amides is 2. The summed E-state index contributed by atoms with van der Waals surface area (Å²) in [5, 5.41) is 2.67. The van der Waals surface area contributed by atoms with E-state index in [1.807, 2.05) is 37.3 Å². The van der Waals surface area contributed by atoms with Gasteiger partial charge in [-0.3, -0.25) is 19.8 Å². The number of allylic oxidation sites excluding steroid dienone is 1. The van der Waals surface area contributed by atoms with E-state index in [-0.39, 0.29) is 10.7 Å². The summed E-state index contributed by atoms with van der Waals surface area (Å²) < 4.78 is 11.2. The molecule has 6 nitrogen and oxygen atoms in total. The molecule has 7 heteroatoms. The minimum Gasteiger partial charge on any atom is -0.493 e. The van der Waals surface area contributed by atoms with Gasteiger partial charge < -0.3 is 9.47 Å². The molecule has 0 spiro atoms. The van der Waals surface area contributed by atoms with Crippen molar-refractivity contribution < 1.29 is 19.1 Å². The van der Waals surface area contributed by atoms with Gasteiger partial charge in [0.15, 0.2) is 16.6 Å². The van der Waals surface area contributed by atoms with Gasteiger partial charge in [-0.25, -0.2) is 0 Å². The van der Waals surface area contributed by atoms with E-state index in [0.717, 1.165) is 17.5 Å². The van der Waals surface area contributed by atoms with Crippen molar-refractivity contribution in [2.75, 3.05) is 18.6 Å². The summed E-state index contributed by atoms with van der Waals surface area (Å²) >= 11 is 5.28. The number of methoxy groups -OCH3 is 1. The lowest BCUT2D eigenvalue weighted by Crippen LogP contribution is -2.54. The molecule has 1 saturated heterocycles. The van der Waals surface area contributed by atoms with Crippen LogP contribution in [-0.2, 0) is 22.4 Å². The first kappa shape index (κ1) is 23.2. The minimum absolute atomic E-state index is 0.0195. The second-order valence-corrected chi connectivity index (χ2v) is 7.50. The number of ether oxygens (including phenoxy) is 2. The second-order valence-electron chi connectivity index (χ2n) is 7.12.